The van der Waals surface area contributed by atoms with E-state index in [0.717, 1.165) is 44.9 Å². The topological polar surface area (TPSA) is 95.9 Å². The zero-order chi connectivity index (χ0) is 62.0. The first-order valence-electron chi connectivity index (χ1n) is 39.3. The average molecular weight is 1210 g/mol. The second-order valence-electron chi connectivity index (χ2n) is 27.0. The molecule has 0 aliphatic rings. The van der Waals surface area contributed by atoms with Crippen LogP contribution in [0.2, 0.25) is 0 Å². The Morgan fingerprint density at radius 1 is 0.326 bits per heavy atom. The summed E-state index contributed by atoms with van der Waals surface area (Å²) in [7, 11) is 0. The number of carbonyl (C=O) groups excluding carboxylic acids is 2. The van der Waals surface area contributed by atoms with Crippen molar-refractivity contribution in [3.63, 3.8) is 0 Å². The van der Waals surface area contributed by atoms with Gasteiger partial charge in [0.25, 0.3) is 0 Å². The highest BCUT2D eigenvalue weighted by Crippen LogP contribution is 2.19. The predicted molar refractivity (Wildman–Crippen MR) is 379 cm³/mol. The van der Waals surface area contributed by atoms with E-state index in [-0.39, 0.29) is 18.5 Å². The second kappa shape index (κ2) is 75.5. The van der Waals surface area contributed by atoms with Crippen LogP contribution in [-0.2, 0) is 14.3 Å². The van der Waals surface area contributed by atoms with Crippen LogP contribution in [0.15, 0.2) is 36.5 Å². The van der Waals surface area contributed by atoms with Gasteiger partial charge in [-0.1, -0.05) is 397 Å². The standard InChI is InChI=1S/C80H153NO5/c1-3-5-7-9-11-13-15-17-18-19-39-42-45-49-52-56-60-64-68-72-78(83)77(76-82)81-79(84)73-69-65-61-57-53-50-46-43-40-37-35-33-31-29-27-25-23-21-20-22-24-26-28-30-32-34-36-38-41-44-47-51-55-59-63-67-71-75-86-80(85)74-70-66-62-58-54-48-16-14-12-10-8-6-4-2/h20,22,26,28,68,72,77-78,82-83H,3-19,21,23-25,27,29-67,69-71,73-76H2,1-2H3,(H,81,84)/b22-20-,28-26-,72-68+. The summed E-state index contributed by atoms with van der Waals surface area (Å²) in [5.41, 5.74) is 0. The van der Waals surface area contributed by atoms with E-state index < -0.39 is 12.1 Å². The van der Waals surface area contributed by atoms with Crippen LogP contribution in [0.3, 0.4) is 0 Å². The predicted octanol–water partition coefficient (Wildman–Crippen LogP) is 25.8. The lowest BCUT2D eigenvalue weighted by Gasteiger charge is -2.20. The SMILES string of the molecule is CCCCCCCCCCCCCCCCCCC/C=C/C(O)C(CO)NC(=O)CCCCCCCCCCCCCCCCCCC/C=C\C/C=C\CCCCCCCCCCCCCCCOC(=O)CCCCCCCCCCCCCCC. The molecule has 0 rings (SSSR count). The van der Waals surface area contributed by atoms with Crippen molar-refractivity contribution in [1.82, 2.24) is 5.32 Å². The molecule has 0 saturated heterocycles. The number of amides is 1. The fraction of sp³-hybridized carbons (Fsp3) is 0.900. The van der Waals surface area contributed by atoms with Gasteiger partial charge >= 0.3 is 5.97 Å². The third kappa shape index (κ3) is 71.2. The van der Waals surface area contributed by atoms with Gasteiger partial charge in [-0.25, -0.2) is 0 Å². The summed E-state index contributed by atoms with van der Waals surface area (Å²) in [5.74, 6) is -0.0406. The minimum Gasteiger partial charge on any atom is -0.466 e. The maximum absolute atomic E-state index is 12.5. The van der Waals surface area contributed by atoms with Gasteiger partial charge in [0.05, 0.1) is 25.4 Å². The number of unbranched alkanes of at least 4 members (excludes halogenated alkanes) is 59. The highest BCUT2D eigenvalue weighted by atomic mass is 16.5. The van der Waals surface area contributed by atoms with Crippen molar-refractivity contribution < 1.29 is 24.5 Å². The Labute approximate surface area is 538 Å². The number of aliphatic hydroxyl groups is 2. The molecule has 6 nitrogen and oxygen atoms in total. The minimum absolute atomic E-state index is 0.0207. The summed E-state index contributed by atoms with van der Waals surface area (Å²) in [5, 5.41) is 23.3. The van der Waals surface area contributed by atoms with Gasteiger partial charge < -0.3 is 20.3 Å². The molecule has 0 aromatic carbocycles. The normalized spacial score (nSPS) is 12.7. The average Bonchev–Trinajstić information content (AvgIpc) is 3.56. The van der Waals surface area contributed by atoms with Crippen LogP contribution < -0.4 is 5.32 Å². The van der Waals surface area contributed by atoms with E-state index in [9.17, 15) is 19.8 Å². The molecular weight excluding hydrogens is 1050 g/mol. The van der Waals surface area contributed by atoms with Crippen LogP contribution >= 0.6 is 0 Å². The molecule has 86 heavy (non-hydrogen) atoms. The van der Waals surface area contributed by atoms with E-state index in [0.29, 0.717) is 19.4 Å². The Morgan fingerprint density at radius 3 is 0.884 bits per heavy atom. The number of hydrogen-bond acceptors (Lipinski definition) is 5. The van der Waals surface area contributed by atoms with Crippen LogP contribution in [0.5, 0.6) is 0 Å². The van der Waals surface area contributed by atoms with E-state index in [4.69, 9.17) is 4.74 Å². The van der Waals surface area contributed by atoms with Crippen LogP contribution in [-0.4, -0.2) is 47.4 Å². The third-order valence-corrected chi connectivity index (χ3v) is 18.4. The summed E-state index contributed by atoms with van der Waals surface area (Å²) in [4.78, 5) is 24.6. The molecule has 0 aromatic heterocycles. The largest absolute Gasteiger partial charge is 0.466 e. The Morgan fingerprint density at radius 2 is 0.581 bits per heavy atom. The molecule has 0 heterocycles. The third-order valence-electron chi connectivity index (χ3n) is 18.4. The first-order valence-corrected chi connectivity index (χ1v) is 39.3. The Bertz CT molecular complexity index is 1390. The van der Waals surface area contributed by atoms with E-state index in [2.05, 4.69) is 43.5 Å². The zero-order valence-corrected chi connectivity index (χ0v) is 58.3. The van der Waals surface area contributed by atoms with Gasteiger partial charge in [-0.05, 0) is 64.2 Å². The van der Waals surface area contributed by atoms with Gasteiger partial charge in [-0.2, -0.15) is 0 Å². The van der Waals surface area contributed by atoms with Crippen LogP contribution in [0.1, 0.15) is 438 Å². The smallest absolute Gasteiger partial charge is 0.305 e. The minimum atomic E-state index is -0.843. The summed E-state index contributed by atoms with van der Waals surface area (Å²) >= 11 is 0. The molecule has 0 aliphatic carbocycles. The lowest BCUT2D eigenvalue weighted by Crippen LogP contribution is -2.45. The van der Waals surface area contributed by atoms with Gasteiger partial charge in [-0.3, -0.25) is 9.59 Å². The molecular formula is C80H153NO5. The lowest BCUT2D eigenvalue weighted by atomic mass is 10.0. The summed E-state index contributed by atoms with van der Waals surface area (Å²) < 4.78 is 5.49. The summed E-state index contributed by atoms with van der Waals surface area (Å²) in [6.45, 7) is 4.95. The van der Waals surface area contributed by atoms with Crippen molar-refractivity contribution in [3.8, 4) is 0 Å². The van der Waals surface area contributed by atoms with Crippen molar-refractivity contribution in [2.75, 3.05) is 13.2 Å². The van der Waals surface area contributed by atoms with Crippen molar-refractivity contribution in [1.29, 1.82) is 0 Å². The summed E-state index contributed by atoms with van der Waals surface area (Å²) in [6, 6.07) is -0.627. The Kier molecular flexibility index (Phi) is 73.9. The van der Waals surface area contributed by atoms with Crippen LogP contribution in [0.25, 0.3) is 0 Å². The molecule has 3 N–H and O–H groups in total. The maximum Gasteiger partial charge on any atom is 0.305 e. The number of allylic oxidation sites excluding steroid dienone is 5. The molecule has 0 bridgehead atoms. The van der Waals surface area contributed by atoms with Gasteiger partial charge in [0.15, 0.2) is 0 Å². The zero-order valence-electron chi connectivity index (χ0n) is 58.3. The monoisotopic (exact) mass is 1210 g/mol. The van der Waals surface area contributed by atoms with E-state index >= 15 is 0 Å². The fourth-order valence-corrected chi connectivity index (χ4v) is 12.4. The molecule has 0 radical (unpaired) electrons. The molecule has 2 unspecified atom stereocenters. The van der Waals surface area contributed by atoms with Gasteiger partial charge in [0.1, 0.15) is 0 Å². The van der Waals surface area contributed by atoms with Crippen molar-refractivity contribution in [2.24, 2.45) is 0 Å². The number of carbonyl (C=O) groups is 2. The number of esters is 1. The van der Waals surface area contributed by atoms with E-state index in [1.54, 1.807) is 6.08 Å². The first-order chi connectivity index (χ1) is 42.5. The lowest BCUT2D eigenvalue weighted by molar-refractivity contribution is -0.143. The molecule has 0 fully saturated rings. The molecule has 2 atom stereocenters. The number of ether oxygens (including phenoxy) is 1. The fourth-order valence-electron chi connectivity index (χ4n) is 12.4. The molecule has 0 aromatic rings. The molecule has 6 heteroatoms. The first kappa shape index (κ1) is 84.1. The number of aliphatic hydroxyl groups excluding tert-OH is 2. The van der Waals surface area contributed by atoms with Gasteiger partial charge in [0, 0.05) is 12.8 Å². The van der Waals surface area contributed by atoms with E-state index in [1.807, 2.05) is 6.08 Å². The van der Waals surface area contributed by atoms with Gasteiger partial charge in [-0.15, -0.1) is 0 Å². The van der Waals surface area contributed by atoms with Gasteiger partial charge in [0.2, 0.25) is 5.91 Å². The highest BCUT2D eigenvalue weighted by molar-refractivity contribution is 5.76. The number of rotatable bonds is 74. The molecule has 0 spiro atoms. The van der Waals surface area contributed by atoms with Crippen molar-refractivity contribution in [3.05, 3.63) is 36.5 Å². The van der Waals surface area contributed by atoms with Crippen LogP contribution in [0, 0.1) is 0 Å². The second-order valence-corrected chi connectivity index (χ2v) is 27.0. The molecule has 0 aliphatic heterocycles. The molecule has 0 saturated carbocycles. The number of nitrogens with one attached hydrogen (secondary N) is 1. The maximum atomic E-state index is 12.5. The van der Waals surface area contributed by atoms with Crippen LogP contribution in [0.4, 0.5) is 0 Å². The summed E-state index contributed by atoms with van der Waals surface area (Å²) in [6.07, 6.45) is 98.4. The highest BCUT2D eigenvalue weighted by Gasteiger charge is 2.18. The molecule has 1 amide bonds. The molecule has 508 valence electrons. The Balaban J connectivity index is 3.38. The number of hydrogen-bond donors (Lipinski definition) is 3. The van der Waals surface area contributed by atoms with Crippen molar-refractivity contribution >= 4 is 11.9 Å². The van der Waals surface area contributed by atoms with Crippen molar-refractivity contribution in [2.45, 2.75) is 450 Å². The van der Waals surface area contributed by atoms with E-state index in [1.165, 1.54) is 366 Å². The Hall–Kier alpha value is -1.92. The quantitative estimate of drug-likeness (QED) is 0.0320.